The first-order valence-corrected chi connectivity index (χ1v) is 9.67. The number of thioether (sulfide) groups is 1. The molecule has 8 heteroatoms. The van der Waals surface area contributed by atoms with Gasteiger partial charge in [0.15, 0.2) is 4.34 Å². The number of rotatable bonds is 5. The van der Waals surface area contributed by atoms with Crippen LogP contribution in [0.4, 0.5) is 10.8 Å². The predicted molar refractivity (Wildman–Crippen MR) is 102 cm³/mol. The SMILES string of the molecule is Cc1cccc(Nc2nnc(SCN3C(=O)c4ccccc4C3=O)s2)c1. The van der Waals surface area contributed by atoms with Crippen molar-refractivity contribution in [1.29, 1.82) is 0 Å². The molecule has 1 aliphatic rings. The van der Waals surface area contributed by atoms with Crippen molar-refractivity contribution in [3.63, 3.8) is 0 Å². The summed E-state index contributed by atoms with van der Waals surface area (Å²) in [5.41, 5.74) is 3.01. The number of carbonyl (C=O) groups is 2. The molecule has 0 saturated heterocycles. The minimum Gasteiger partial charge on any atom is -0.330 e. The molecule has 0 bridgehead atoms. The quantitative estimate of drug-likeness (QED) is 0.532. The number of carbonyl (C=O) groups excluding carboxylic acids is 2. The summed E-state index contributed by atoms with van der Waals surface area (Å²) >= 11 is 2.70. The summed E-state index contributed by atoms with van der Waals surface area (Å²) in [5.74, 6) is -0.313. The van der Waals surface area contributed by atoms with Crippen LogP contribution in [0, 0.1) is 6.92 Å². The van der Waals surface area contributed by atoms with Crippen LogP contribution >= 0.6 is 23.1 Å². The van der Waals surface area contributed by atoms with Gasteiger partial charge in [0, 0.05) is 5.69 Å². The van der Waals surface area contributed by atoms with Gasteiger partial charge in [0.25, 0.3) is 11.8 Å². The van der Waals surface area contributed by atoms with Gasteiger partial charge in [-0.2, -0.15) is 0 Å². The molecule has 2 aromatic carbocycles. The van der Waals surface area contributed by atoms with E-state index < -0.39 is 0 Å². The average molecular weight is 382 g/mol. The van der Waals surface area contributed by atoms with E-state index in [0.29, 0.717) is 20.6 Å². The van der Waals surface area contributed by atoms with Gasteiger partial charge in [-0.3, -0.25) is 14.5 Å². The zero-order valence-corrected chi connectivity index (χ0v) is 15.4. The van der Waals surface area contributed by atoms with Crippen molar-refractivity contribution in [3.05, 3.63) is 65.2 Å². The summed E-state index contributed by atoms with van der Waals surface area (Å²) in [6, 6.07) is 14.8. The second-order valence-electron chi connectivity index (χ2n) is 5.72. The molecule has 0 aliphatic carbocycles. The maximum Gasteiger partial charge on any atom is 0.262 e. The van der Waals surface area contributed by atoms with Crippen LogP contribution < -0.4 is 5.32 Å². The third-order valence-electron chi connectivity index (χ3n) is 3.87. The molecule has 1 aromatic heterocycles. The molecule has 6 nitrogen and oxygen atoms in total. The maximum absolute atomic E-state index is 12.4. The first-order chi connectivity index (χ1) is 12.6. The molecule has 0 radical (unpaired) electrons. The van der Waals surface area contributed by atoms with Crippen molar-refractivity contribution >= 4 is 45.7 Å². The number of aromatic nitrogens is 2. The van der Waals surface area contributed by atoms with Gasteiger partial charge in [-0.05, 0) is 36.8 Å². The fourth-order valence-corrected chi connectivity index (χ4v) is 4.34. The Kier molecular flexibility index (Phi) is 4.44. The number of benzene rings is 2. The summed E-state index contributed by atoms with van der Waals surface area (Å²) in [4.78, 5) is 25.9. The fourth-order valence-electron chi connectivity index (χ4n) is 2.64. The topological polar surface area (TPSA) is 75.2 Å². The number of anilines is 2. The standard InChI is InChI=1S/C18H14N4O2S2/c1-11-5-4-6-12(9-11)19-17-20-21-18(26-17)25-10-22-15(23)13-7-2-3-8-14(13)16(22)24/h2-9H,10H2,1H3,(H,19,20). The fraction of sp³-hybridized carbons (Fsp3) is 0.111. The first-order valence-electron chi connectivity index (χ1n) is 7.87. The molecule has 2 amide bonds. The van der Waals surface area contributed by atoms with Gasteiger partial charge in [0.2, 0.25) is 5.13 Å². The molecule has 3 aromatic rings. The van der Waals surface area contributed by atoms with E-state index in [4.69, 9.17) is 0 Å². The van der Waals surface area contributed by atoms with Gasteiger partial charge in [-0.1, -0.05) is 47.4 Å². The molecule has 2 heterocycles. The van der Waals surface area contributed by atoms with Crippen LogP contribution in [-0.2, 0) is 0 Å². The molecule has 4 rings (SSSR count). The highest BCUT2D eigenvalue weighted by Gasteiger charge is 2.35. The predicted octanol–water partition coefficient (Wildman–Crippen LogP) is 3.94. The second kappa shape index (κ2) is 6.89. The molecule has 0 fully saturated rings. The Hall–Kier alpha value is -2.71. The lowest BCUT2D eigenvalue weighted by Crippen LogP contribution is -2.29. The van der Waals surface area contributed by atoms with Gasteiger partial charge < -0.3 is 5.32 Å². The Balaban J connectivity index is 1.41. The normalized spacial score (nSPS) is 13.2. The van der Waals surface area contributed by atoms with Crippen LogP contribution in [0.3, 0.4) is 0 Å². The molecule has 0 unspecified atom stereocenters. The summed E-state index contributed by atoms with van der Waals surface area (Å²) in [5, 5.41) is 12.1. The second-order valence-corrected chi connectivity index (χ2v) is 7.89. The third kappa shape index (κ3) is 3.21. The van der Waals surface area contributed by atoms with Crippen molar-refractivity contribution < 1.29 is 9.59 Å². The highest BCUT2D eigenvalue weighted by molar-refractivity contribution is 8.01. The van der Waals surface area contributed by atoms with Gasteiger partial charge in [0.05, 0.1) is 17.0 Å². The molecule has 0 spiro atoms. The lowest BCUT2D eigenvalue weighted by atomic mass is 10.1. The molecule has 1 N–H and O–H groups in total. The van der Waals surface area contributed by atoms with E-state index >= 15 is 0 Å². The smallest absolute Gasteiger partial charge is 0.262 e. The van der Waals surface area contributed by atoms with Crippen molar-refractivity contribution in [2.24, 2.45) is 0 Å². The number of hydrogen-bond donors (Lipinski definition) is 1. The van der Waals surface area contributed by atoms with E-state index in [1.165, 1.54) is 28.0 Å². The molecule has 130 valence electrons. The van der Waals surface area contributed by atoms with E-state index in [1.54, 1.807) is 24.3 Å². The molecule has 26 heavy (non-hydrogen) atoms. The van der Waals surface area contributed by atoms with Gasteiger partial charge in [-0.25, -0.2) is 0 Å². The Morgan fingerprint density at radius 2 is 1.77 bits per heavy atom. The van der Waals surface area contributed by atoms with Crippen molar-refractivity contribution in [1.82, 2.24) is 15.1 Å². The van der Waals surface area contributed by atoms with Crippen LogP contribution in [-0.4, -0.2) is 32.8 Å². The molecule has 1 aliphatic heterocycles. The zero-order valence-electron chi connectivity index (χ0n) is 13.8. The minimum atomic E-state index is -0.263. The van der Waals surface area contributed by atoms with Crippen LogP contribution in [0.2, 0.25) is 0 Å². The van der Waals surface area contributed by atoms with Crippen LogP contribution in [0.5, 0.6) is 0 Å². The largest absolute Gasteiger partial charge is 0.330 e. The summed E-state index contributed by atoms with van der Waals surface area (Å²) in [7, 11) is 0. The van der Waals surface area contributed by atoms with E-state index in [2.05, 4.69) is 15.5 Å². The summed E-state index contributed by atoms with van der Waals surface area (Å²) in [6.07, 6.45) is 0. The highest BCUT2D eigenvalue weighted by atomic mass is 32.2. The van der Waals surface area contributed by atoms with E-state index in [1.807, 2.05) is 31.2 Å². The van der Waals surface area contributed by atoms with Crippen molar-refractivity contribution in [3.8, 4) is 0 Å². The van der Waals surface area contributed by atoms with E-state index in [-0.39, 0.29) is 17.7 Å². The van der Waals surface area contributed by atoms with Crippen LogP contribution in [0.1, 0.15) is 26.3 Å². The number of nitrogens with one attached hydrogen (secondary N) is 1. The number of fused-ring (bicyclic) bond motifs is 1. The average Bonchev–Trinajstić information content (AvgIpc) is 3.17. The number of aryl methyl sites for hydroxylation is 1. The van der Waals surface area contributed by atoms with Crippen LogP contribution in [0.25, 0.3) is 0 Å². The molecule has 0 saturated carbocycles. The number of hydrogen-bond acceptors (Lipinski definition) is 7. The summed E-state index contributed by atoms with van der Waals surface area (Å²) in [6.45, 7) is 2.02. The van der Waals surface area contributed by atoms with Gasteiger partial charge in [0.1, 0.15) is 0 Å². The minimum absolute atomic E-state index is 0.214. The third-order valence-corrected chi connectivity index (χ3v) is 5.82. The lowest BCUT2D eigenvalue weighted by molar-refractivity contribution is 0.0684. The van der Waals surface area contributed by atoms with Gasteiger partial charge in [-0.15, -0.1) is 10.2 Å². The van der Waals surface area contributed by atoms with Gasteiger partial charge >= 0.3 is 0 Å². The number of nitrogens with zero attached hydrogens (tertiary/aromatic N) is 3. The first kappa shape index (κ1) is 16.7. The maximum atomic E-state index is 12.4. The molecule has 0 atom stereocenters. The molecular weight excluding hydrogens is 368 g/mol. The monoisotopic (exact) mass is 382 g/mol. The number of amides is 2. The van der Waals surface area contributed by atoms with Crippen LogP contribution in [0.15, 0.2) is 52.9 Å². The van der Waals surface area contributed by atoms with E-state index in [9.17, 15) is 9.59 Å². The Morgan fingerprint density at radius 3 is 2.46 bits per heavy atom. The molecular formula is C18H14N4O2S2. The van der Waals surface area contributed by atoms with Crippen molar-refractivity contribution in [2.45, 2.75) is 11.3 Å². The van der Waals surface area contributed by atoms with E-state index in [0.717, 1.165) is 11.3 Å². The Bertz CT molecular complexity index is 967. The Labute approximate surface area is 158 Å². The highest BCUT2D eigenvalue weighted by Crippen LogP contribution is 2.31. The Morgan fingerprint density at radius 1 is 1.04 bits per heavy atom. The number of imide groups is 1. The lowest BCUT2D eigenvalue weighted by Gasteiger charge is -2.11. The van der Waals surface area contributed by atoms with Crippen molar-refractivity contribution in [2.75, 3.05) is 11.2 Å². The summed E-state index contributed by atoms with van der Waals surface area (Å²) < 4.78 is 0.691. The zero-order chi connectivity index (χ0) is 18.1.